The lowest BCUT2D eigenvalue weighted by Crippen LogP contribution is -2.40. The molecule has 2 aliphatic heterocycles. The Balaban J connectivity index is 1.94. The van der Waals surface area contributed by atoms with Crippen LogP contribution in [0.3, 0.4) is 0 Å². The van der Waals surface area contributed by atoms with Gasteiger partial charge in [0.05, 0.1) is 26.3 Å². The summed E-state index contributed by atoms with van der Waals surface area (Å²) in [6.45, 7) is 1.20. The van der Waals surface area contributed by atoms with Crippen LogP contribution in [-0.2, 0) is 4.79 Å². The minimum atomic E-state index is 0.0386. The first kappa shape index (κ1) is 14.8. The fourth-order valence-electron chi connectivity index (χ4n) is 2.67. The van der Waals surface area contributed by atoms with Crippen molar-refractivity contribution in [2.45, 2.75) is 6.42 Å². The van der Waals surface area contributed by atoms with Crippen LogP contribution in [-0.4, -0.2) is 33.2 Å². The number of anilines is 1. The molecule has 0 spiro atoms. The number of allylic oxidation sites excluding steroid dienone is 1. The van der Waals surface area contributed by atoms with E-state index in [4.69, 9.17) is 21.1 Å². The second-order valence-electron chi connectivity index (χ2n) is 5.20. The molecule has 0 aromatic heterocycles. The first-order valence-corrected chi connectivity index (χ1v) is 7.34. The number of benzene rings is 1. The molecule has 1 amide bonds. The molecule has 1 aromatic rings. The van der Waals surface area contributed by atoms with Gasteiger partial charge in [-0.25, -0.2) is 0 Å². The van der Waals surface area contributed by atoms with Crippen molar-refractivity contribution in [3.05, 3.63) is 40.6 Å². The molecule has 0 fully saturated rings. The molecule has 0 bridgehead atoms. The zero-order chi connectivity index (χ0) is 15.7. The number of hydrogen-bond donors (Lipinski definition) is 1. The summed E-state index contributed by atoms with van der Waals surface area (Å²) in [6, 6.07) is 5.46. The van der Waals surface area contributed by atoms with Gasteiger partial charge in [0.15, 0.2) is 0 Å². The van der Waals surface area contributed by atoms with Crippen LogP contribution in [0, 0.1) is 0 Å². The maximum atomic E-state index is 12.5. The number of nitrogens with zero attached hydrogens (tertiary/aromatic N) is 1. The summed E-state index contributed by atoms with van der Waals surface area (Å²) in [4.78, 5) is 14.2. The van der Waals surface area contributed by atoms with E-state index in [0.717, 1.165) is 11.3 Å². The normalized spacial score (nSPS) is 17.7. The lowest BCUT2D eigenvalue weighted by Gasteiger charge is -2.32. The van der Waals surface area contributed by atoms with Crippen molar-refractivity contribution >= 4 is 23.2 Å². The predicted molar refractivity (Wildman–Crippen MR) is 85.5 cm³/mol. The molecule has 22 heavy (non-hydrogen) atoms. The second kappa shape index (κ2) is 5.93. The lowest BCUT2D eigenvalue weighted by atomic mass is 9.97. The summed E-state index contributed by atoms with van der Waals surface area (Å²) in [5.41, 5.74) is 2.96. The molecular formula is C16H17ClN2O3. The van der Waals surface area contributed by atoms with E-state index in [0.29, 0.717) is 36.2 Å². The topological polar surface area (TPSA) is 50.8 Å². The van der Waals surface area contributed by atoms with Crippen LogP contribution >= 0.6 is 11.6 Å². The fourth-order valence-corrected chi connectivity index (χ4v) is 2.86. The highest BCUT2D eigenvalue weighted by molar-refractivity contribution is 6.29. The van der Waals surface area contributed by atoms with Gasteiger partial charge >= 0.3 is 0 Å². The third kappa shape index (κ3) is 2.76. The summed E-state index contributed by atoms with van der Waals surface area (Å²) in [6.07, 6.45) is 2.19. The first-order chi connectivity index (χ1) is 10.6. The summed E-state index contributed by atoms with van der Waals surface area (Å²) < 4.78 is 10.5. The van der Waals surface area contributed by atoms with Crippen LogP contribution in [0.4, 0.5) is 5.69 Å². The Hall–Kier alpha value is -2.14. The van der Waals surface area contributed by atoms with E-state index in [9.17, 15) is 4.79 Å². The summed E-state index contributed by atoms with van der Waals surface area (Å²) in [7, 11) is 3.18. The zero-order valence-corrected chi connectivity index (χ0v) is 13.2. The first-order valence-electron chi connectivity index (χ1n) is 6.96. The number of hydrogen-bond acceptors (Lipinski definition) is 4. The van der Waals surface area contributed by atoms with Gasteiger partial charge in [0.2, 0.25) is 5.91 Å². The van der Waals surface area contributed by atoms with Crippen molar-refractivity contribution in [2.75, 3.05) is 32.2 Å². The fraction of sp³-hybridized carbons (Fsp3) is 0.312. The van der Waals surface area contributed by atoms with E-state index in [2.05, 4.69) is 5.32 Å². The Morgan fingerprint density at radius 2 is 1.86 bits per heavy atom. The van der Waals surface area contributed by atoms with E-state index in [-0.39, 0.29) is 5.91 Å². The number of carbonyl (C=O) groups excluding carboxylic acids is 1. The largest absolute Gasteiger partial charge is 0.497 e. The zero-order valence-electron chi connectivity index (χ0n) is 12.5. The van der Waals surface area contributed by atoms with Gasteiger partial charge in [-0.05, 0) is 17.2 Å². The average Bonchev–Trinajstić information content (AvgIpc) is 2.53. The van der Waals surface area contributed by atoms with Crippen molar-refractivity contribution in [1.82, 2.24) is 5.32 Å². The molecule has 1 N–H and O–H groups in total. The van der Waals surface area contributed by atoms with Crippen molar-refractivity contribution in [3.8, 4) is 11.5 Å². The van der Waals surface area contributed by atoms with Crippen LogP contribution in [0.2, 0.25) is 0 Å². The summed E-state index contributed by atoms with van der Waals surface area (Å²) in [5, 5.41) is 3.68. The summed E-state index contributed by atoms with van der Waals surface area (Å²) in [5.74, 6) is 1.36. The predicted octanol–water partition coefficient (Wildman–Crippen LogP) is 2.42. The van der Waals surface area contributed by atoms with Crippen molar-refractivity contribution in [2.24, 2.45) is 0 Å². The minimum absolute atomic E-state index is 0.0386. The third-order valence-corrected chi connectivity index (χ3v) is 4.11. The highest BCUT2D eigenvalue weighted by Gasteiger charge is 2.27. The Morgan fingerprint density at radius 1 is 1.18 bits per heavy atom. The van der Waals surface area contributed by atoms with Gasteiger partial charge in [-0.15, -0.1) is 0 Å². The number of halogens is 1. The minimum Gasteiger partial charge on any atom is -0.497 e. The number of carbonyl (C=O) groups is 1. The Labute approximate surface area is 134 Å². The monoisotopic (exact) mass is 320 g/mol. The number of dihydropyridines is 1. The van der Waals surface area contributed by atoms with Gasteiger partial charge in [-0.2, -0.15) is 0 Å². The van der Waals surface area contributed by atoms with Crippen LogP contribution in [0.15, 0.2) is 40.6 Å². The van der Waals surface area contributed by atoms with Gasteiger partial charge in [0, 0.05) is 31.3 Å². The molecule has 2 aliphatic rings. The quantitative estimate of drug-likeness (QED) is 0.869. The SMILES string of the molecule is COc1cc(OC)cc(N2CC3=C(C=C(Cl)NC3)CC2=O)c1. The third-order valence-electron chi connectivity index (χ3n) is 3.87. The molecular weight excluding hydrogens is 304 g/mol. The molecule has 0 aliphatic carbocycles. The van der Waals surface area contributed by atoms with E-state index in [1.165, 1.54) is 5.57 Å². The van der Waals surface area contributed by atoms with Gasteiger partial charge < -0.3 is 19.7 Å². The maximum Gasteiger partial charge on any atom is 0.231 e. The van der Waals surface area contributed by atoms with Gasteiger partial charge in [-0.1, -0.05) is 11.6 Å². The van der Waals surface area contributed by atoms with Crippen LogP contribution in [0.5, 0.6) is 11.5 Å². The standard InChI is InChI=1S/C16H17ClN2O3/c1-21-13-5-12(6-14(7-13)22-2)19-9-11-8-18-15(17)3-10(11)4-16(19)20/h3,5-7,18H,4,8-9H2,1-2H3. The molecule has 3 rings (SSSR count). The lowest BCUT2D eigenvalue weighted by molar-refractivity contribution is -0.118. The molecule has 0 saturated carbocycles. The second-order valence-corrected chi connectivity index (χ2v) is 5.61. The molecule has 0 atom stereocenters. The van der Waals surface area contributed by atoms with E-state index < -0.39 is 0 Å². The number of amides is 1. The number of rotatable bonds is 3. The molecule has 2 heterocycles. The highest BCUT2D eigenvalue weighted by atomic mass is 35.5. The summed E-state index contributed by atoms with van der Waals surface area (Å²) >= 11 is 5.97. The number of methoxy groups -OCH3 is 2. The van der Waals surface area contributed by atoms with Gasteiger partial charge in [-0.3, -0.25) is 4.79 Å². The van der Waals surface area contributed by atoms with Crippen LogP contribution < -0.4 is 19.7 Å². The Bertz CT molecular complexity index is 660. The molecule has 1 aromatic carbocycles. The molecule has 116 valence electrons. The Morgan fingerprint density at radius 3 is 2.50 bits per heavy atom. The maximum absolute atomic E-state index is 12.5. The molecule has 6 heteroatoms. The molecule has 0 saturated heterocycles. The van der Waals surface area contributed by atoms with Gasteiger partial charge in [0.25, 0.3) is 0 Å². The Kier molecular flexibility index (Phi) is 3.98. The highest BCUT2D eigenvalue weighted by Crippen LogP contribution is 2.33. The molecule has 0 unspecified atom stereocenters. The van der Waals surface area contributed by atoms with Crippen LogP contribution in [0.25, 0.3) is 0 Å². The van der Waals surface area contributed by atoms with Crippen molar-refractivity contribution < 1.29 is 14.3 Å². The van der Waals surface area contributed by atoms with E-state index >= 15 is 0 Å². The van der Waals surface area contributed by atoms with Crippen molar-refractivity contribution in [1.29, 1.82) is 0 Å². The van der Waals surface area contributed by atoms with Crippen molar-refractivity contribution in [3.63, 3.8) is 0 Å². The molecule has 0 radical (unpaired) electrons. The van der Waals surface area contributed by atoms with Crippen LogP contribution in [0.1, 0.15) is 6.42 Å². The average molecular weight is 321 g/mol. The number of nitrogens with one attached hydrogen (secondary N) is 1. The van der Waals surface area contributed by atoms with Gasteiger partial charge in [0.1, 0.15) is 16.7 Å². The molecule has 5 nitrogen and oxygen atoms in total. The number of ether oxygens (including phenoxy) is 2. The smallest absolute Gasteiger partial charge is 0.231 e. The van der Waals surface area contributed by atoms with E-state index in [1.807, 2.05) is 18.2 Å². The van der Waals surface area contributed by atoms with E-state index in [1.54, 1.807) is 25.2 Å².